The van der Waals surface area contributed by atoms with Crippen LogP contribution in [-0.2, 0) is 21.2 Å². The molecule has 2 fully saturated rings. The van der Waals surface area contributed by atoms with Crippen LogP contribution in [0, 0.1) is 0 Å². The lowest BCUT2D eigenvalue weighted by Crippen LogP contribution is -2.55. The SMILES string of the molecule is Cl.NC1(C(=O)NCCc2ccc(S(=O)(=O)N3CCCCC3)s2)CCCCC1. The lowest BCUT2D eigenvalue weighted by Gasteiger charge is -2.31. The maximum Gasteiger partial charge on any atom is 0.252 e. The Morgan fingerprint density at radius 3 is 2.41 bits per heavy atom. The van der Waals surface area contributed by atoms with Crippen molar-refractivity contribution in [1.29, 1.82) is 0 Å². The molecule has 0 aromatic carbocycles. The predicted octanol–water partition coefficient (Wildman–Crippen LogP) is 2.66. The van der Waals surface area contributed by atoms with Crippen LogP contribution in [0.5, 0.6) is 0 Å². The number of nitrogens with zero attached hydrogens (tertiary/aromatic N) is 1. The highest BCUT2D eigenvalue weighted by Crippen LogP contribution is 2.28. The average Bonchev–Trinajstić information content (AvgIpc) is 3.13. The highest BCUT2D eigenvalue weighted by atomic mass is 35.5. The molecule has 0 bridgehead atoms. The van der Waals surface area contributed by atoms with Gasteiger partial charge in [0, 0.05) is 24.5 Å². The van der Waals surface area contributed by atoms with Crippen LogP contribution in [0.4, 0.5) is 0 Å². The van der Waals surface area contributed by atoms with E-state index in [1.807, 2.05) is 6.07 Å². The molecule has 3 rings (SSSR count). The predicted molar refractivity (Wildman–Crippen MR) is 111 cm³/mol. The third-order valence-corrected chi connectivity index (χ3v) is 8.91. The molecule has 1 aliphatic heterocycles. The van der Waals surface area contributed by atoms with Gasteiger partial charge in [-0.05, 0) is 44.2 Å². The van der Waals surface area contributed by atoms with Gasteiger partial charge in [-0.3, -0.25) is 4.79 Å². The fourth-order valence-electron chi connectivity index (χ4n) is 3.75. The molecule has 2 aliphatic rings. The van der Waals surface area contributed by atoms with Gasteiger partial charge in [0.1, 0.15) is 4.21 Å². The number of thiophene rings is 1. The quantitative estimate of drug-likeness (QED) is 0.718. The molecular weight excluding hydrogens is 406 g/mol. The van der Waals surface area contributed by atoms with Gasteiger partial charge in [0.15, 0.2) is 0 Å². The first kappa shape index (κ1) is 22.6. The molecular formula is C18H30ClN3O3S2. The second kappa shape index (κ2) is 9.69. The molecule has 9 heteroatoms. The molecule has 3 N–H and O–H groups in total. The molecule has 1 aromatic heterocycles. The molecule has 2 heterocycles. The largest absolute Gasteiger partial charge is 0.354 e. The zero-order valence-electron chi connectivity index (χ0n) is 15.6. The minimum Gasteiger partial charge on any atom is -0.354 e. The second-order valence-corrected chi connectivity index (χ2v) is 10.7. The molecule has 1 amide bonds. The topological polar surface area (TPSA) is 92.5 Å². The number of rotatable bonds is 6. The van der Waals surface area contributed by atoms with E-state index in [0.29, 0.717) is 30.3 Å². The summed E-state index contributed by atoms with van der Waals surface area (Å²) >= 11 is 1.31. The summed E-state index contributed by atoms with van der Waals surface area (Å²) in [6.45, 7) is 1.72. The van der Waals surface area contributed by atoms with E-state index >= 15 is 0 Å². The van der Waals surface area contributed by atoms with Crippen LogP contribution in [0.3, 0.4) is 0 Å². The van der Waals surface area contributed by atoms with Crippen molar-refractivity contribution in [3.8, 4) is 0 Å². The summed E-state index contributed by atoms with van der Waals surface area (Å²) in [4.78, 5) is 13.3. The Labute approximate surface area is 172 Å². The van der Waals surface area contributed by atoms with Gasteiger partial charge in [-0.1, -0.05) is 25.7 Å². The first-order chi connectivity index (χ1) is 12.4. The summed E-state index contributed by atoms with van der Waals surface area (Å²) < 4.78 is 27.4. The van der Waals surface area contributed by atoms with Crippen LogP contribution in [0.1, 0.15) is 56.2 Å². The molecule has 27 heavy (non-hydrogen) atoms. The summed E-state index contributed by atoms with van der Waals surface area (Å²) in [5, 5.41) is 2.94. The van der Waals surface area contributed by atoms with Gasteiger partial charge in [0.2, 0.25) is 5.91 Å². The summed E-state index contributed by atoms with van der Waals surface area (Å²) in [5.74, 6) is -0.0742. The fraction of sp³-hybridized carbons (Fsp3) is 0.722. The Bertz CT molecular complexity index is 724. The maximum absolute atomic E-state index is 12.7. The maximum atomic E-state index is 12.7. The minimum atomic E-state index is -3.36. The van der Waals surface area contributed by atoms with Crippen LogP contribution >= 0.6 is 23.7 Å². The number of sulfonamides is 1. The molecule has 1 aromatic rings. The third-order valence-electron chi connectivity index (χ3n) is 5.40. The van der Waals surface area contributed by atoms with E-state index in [1.54, 1.807) is 10.4 Å². The van der Waals surface area contributed by atoms with E-state index in [-0.39, 0.29) is 18.3 Å². The normalized spacial score (nSPS) is 20.6. The monoisotopic (exact) mass is 435 g/mol. The number of hydrogen-bond donors (Lipinski definition) is 2. The van der Waals surface area contributed by atoms with Crippen molar-refractivity contribution in [2.45, 2.75) is 67.5 Å². The lowest BCUT2D eigenvalue weighted by atomic mass is 9.82. The molecule has 6 nitrogen and oxygen atoms in total. The summed E-state index contributed by atoms with van der Waals surface area (Å²) in [6, 6.07) is 3.55. The third kappa shape index (κ3) is 5.44. The van der Waals surface area contributed by atoms with Gasteiger partial charge in [0.05, 0.1) is 5.54 Å². The molecule has 1 saturated heterocycles. The molecule has 1 saturated carbocycles. The van der Waals surface area contributed by atoms with Crippen LogP contribution in [0.2, 0.25) is 0 Å². The van der Waals surface area contributed by atoms with Crippen molar-refractivity contribution in [3.05, 3.63) is 17.0 Å². The summed E-state index contributed by atoms with van der Waals surface area (Å²) in [6.07, 6.45) is 8.25. The summed E-state index contributed by atoms with van der Waals surface area (Å²) in [5.41, 5.74) is 5.51. The van der Waals surface area contributed by atoms with E-state index in [2.05, 4.69) is 5.32 Å². The number of carbonyl (C=O) groups excluding carboxylic acids is 1. The van der Waals surface area contributed by atoms with Crippen LogP contribution in [0.15, 0.2) is 16.3 Å². The van der Waals surface area contributed by atoms with Gasteiger partial charge in [0.25, 0.3) is 10.0 Å². The van der Waals surface area contributed by atoms with Gasteiger partial charge in [-0.15, -0.1) is 23.7 Å². The van der Waals surface area contributed by atoms with Crippen molar-refractivity contribution in [2.75, 3.05) is 19.6 Å². The molecule has 0 atom stereocenters. The average molecular weight is 436 g/mol. The Morgan fingerprint density at radius 1 is 1.11 bits per heavy atom. The number of halogens is 1. The van der Waals surface area contributed by atoms with Crippen LogP contribution < -0.4 is 11.1 Å². The van der Waals surface area contributed by atoms with Gasteiger partial charge in [-0.25, -0.2) is 8.42 Å². The van der Waals surface area contributed by atoms with Gasteiger partial charge in [-0.2, -0.15) is 4.31 Å². The molecule has 0 unspecified atom stereocenters. The number of hydrogen-bond acceptors (Lipinski definition) is 5. The minimum absolute atomic E-state index is 0. The number of nitrogens with one attached hydrogen (secondary N) is 1. The van der Waals surface area contributed by atoms with Gasteiger partial charge < -0.3 is 11.1 Å². The van der Waals surface area contributed by atoms with Gasteiger partial charge >= 0.3 is 0 Å². The molecule has 1 aliphatic carbocycles. The van der Waals surface area contributed by atoms with E-state index in [0.717, 1.165) is 56.2 Å². The van der Waals surface area contributed by atoms with Crippen molar-refractivity contribution in [2.24, 2.45) is 5.73 Å². The molecule has 0 radical (unpaired) electrons. The zero-order valence-corrected chi connectivity index (χ0v) is 18.1. The van der Waals surface area contributed by atoms with E-state index in [9.17, 15) is 13.2 Å². The highest BCUT2D eigenvalue weighted by Gasteiger charge is 2.35. The fourth-order valence-corrected chi connectivity index (χ4v) is 6.78. The van der Waals surface area contributed by atoms with E-state index in [1.165, 1.54) is 11.3 Å². The first-order valence-electron chi connectivity index (χ1n) is 9.58. The Morgan fingerprint density at radius 2 is 1.74 bits per heavy atom. The number of piperidine rings is 1. The Balaban J connectivity index is 0.00000261. The Hall–Kier alpha value is -0.670. The highest BCUT2D eigenvalue weighted by molar-refractivity contribution is 7.91. The van der Waals surface area contributed by atoms with Crippen molar-refractivity contribution in [3.63, 3.8) is 0 Å². The van der Waals surface area contributed by atoms with Crippen LogP contribution in [-0.4, -0.2) is 43.8 Å². The molecule has 154 valence electrons. The second-order valence-electron chi connectivity index (χ2n) is 7.41. The number of carbonyl (C=O) groups is 1. The Kier molecular flexibility index (Phi) is 8.12. The molecule has 0 spiro atoms. The van der Waals surface area contributed by atoms with Crippen molar-refractivity contribution >= 4 is 39.7 Å². The van der Waals surface area contributed by atoms with Crippen molar-refractivity contribution in [1.82, 2.24) is 9.62 Å². The van der Waals surface area contributed by atoms with Crippen molar-refractivity contribution < 1.29 is 13.2 Å². The summed E-state index contributed by atoms with van der Waals surface area (Å²) in [7, 11) is -3.36. The van der Waals surface area contributed by atoms with E-state index in [4.69, 9.17) is 5.73 Å². The number of nitrogens with two attached hydrogens (primary N) is 1. The lowest BCUT2D eigenvalue weighted by molar-refractivity contribution is -0.127. The number of amides is 1. The van der Waals surface area contributed by atoms with E-state index < -0.39 is 15.6 Å². The first-order valence-corrected chi connectivity index (χ1v) is 11.8. The van der Waals surface area contributed by atoms with Crippen LogP contribution in [0.25, 0.3) is 0 Å². The smallest absolute Gasteiger partial charge is 0.252 e. The zero-order chi connectivity index (χ0) is 18.6. The standard InChI is InChI=1S/C18H29N3O3S2.ClH/c19-18(10-3-1-4-11-18)17(22)20-12-9-15-7-8-16(25-15)26(23,24)21-13-5-2-6-14-21;/h7-8H,1-6,9-14,19H2,(H,20,22);1H.